The summed E-state index contributed by atoms with van der Waals surface area (Å²) in [5, 5.41) is 6.87. The zero-order valence-corrected chi connectivity index (χ0v) is 20.9. The Bertz CT molecular complexity index is 701. The minimum Gasteiger partial charge on any atom is -0.357 e. The lowest BCUT2D eigenvalue weighted by Gasteiger charge is -2.20. The number of nitrogens with zero attached hydrogens (tertiary/aromatic N) is 2. The predicted molar refractivity (Wildman–Crippen MR) is 129 cm³/mol. The van der Waals surface area contributed by atoms with Crippen molar-refractivity contribution in [2.24, 2.45) is 4.99 Å². The molecule has 1 aromatic rings. The third kappa shape index (κ3) is 5.61. The first-order valence-corrected chi connectivity index (χ1v) is 10.2. The van der Waals surface area contributed by atoms with Crippen LogP contribution in [0.2, 0.25) is 0 Å². The van der Waals surface area contributed by atoms with Crippen molar-refractivity contribution in [3.63, 3.8) is 0 Å². The van der Waals surface area contributed by atoms with Crippen LogP contribution in [0.4, 0.5) is 0 Å². The summed E-state index contributed by atoms with van der Waals surface area (Å²) in [4.78, 5) is 18.7. The zero-order valence-electron chi connectivity index (χ0n) is 18.5. The topological polar surface area (TPSA) is 56.7 Å². The molecule has 1 aliphatic heterocycles. The minimum atomic E-state index is 0. The van der Waals surface area contributed by atoms with Gasteiger partial charge in [-0.3, -0.25) is 4.79 Å². The van der Waals surface area contributed by atoms with Crippen LogP contribution in [0.1, 0.15) is 60.1 Å². The molecule has 1 saturated heterocycles. The maximum absolute atomic E-state index is 11.9. The second-order valence-corrected chi connectivity index (χ2v) is 7.62. The van der Waals surface area contributed by atoms with Gasteiger partial charge in [-0.25, -0.2) is 4.99 Å². The average molecular weight is 500 g/mol. The van der Waals surface area contributed by atoms with Gasteiger partial charge in [0.15, 0.2) is 5.96 Å². The molecule has 6 heteroatoms. The molecule has 1 fully saturated rings. The molecule has 0 aliphatic carbocycles. The molecule has 158 valence electrons. The molecule has 1 heterocycles. The van der Waals surface area contributed by atoms with Gasteiger partial charge in [0.1, 0.15) is 0 Å². The van der Waals surface area contributed by atoms with Crippen molar-refractivity contribution in [2.45, 2.75) is 73.9 Å². The fourth-order valence-corrected chi connectivity index (χ4v) is 3.81. The summed E-state index contributed by atoms with van der Waals surface area (Å²) >= 11 is 0. The molecular weight excluding hydrogens is 463 g/mol. The molecule has 0 radical (unpaired) electrons. The van der Waals surface area contributed by atoms with E-state index in [2.05, 4.69) is 52.2 Å². The number of guanidine groups is 1. The maximum atomic E-state index is 11.9. The molecule has 1 aromatic carbocycles. The normalized spacial score (nSPS) is 16.8. The molecule has 0 saturated carbocycles. The van der Waals surface area contributed by atoms with Gasteiger partial charge in [-0.15, -0.1) is 24.0 Å². The number of likely N-dealkylation sites (tertiary alicyclic amines) is 1. The van der Waals surface area contributed by atoms with Crippen LogP contribution in [-0.2, 0) is 11.3 Å². The Morgan fingerprint density at radius 2 is 1.61 bits per heavy atom. The largest absolute Gasteiger partial charge is 0.357 e. The van der Waals surface area contributed by atoms with Gasteiger partial charge in [0.25, 0.3) is 0 Å². The third-order valence-corrected chi connectivity index (χ3v) is 6.08. The van der Waals surface area contributed by atoms with E-state index in [9.17, 15) is 4.79 Å². The van der Waals surface area contributed by atoms with Crippen molar-refractivity contribution in [3.05, 3.63) is 33.4 Å². The number of carbonyl (C=O) groups is 1. The first-order chi connectivity index (χ1) is 12.8. The van der Waals surface area contributed by atoms with Gasteiger partial charge in [0, 0.05) is 32.1 Å². The van der Waals surface area contributed by atoms with Crippen LogP contribution in [0, 0.1) is 34.6 Å². The zero-order chi connectivity index (χ0) is 20.1. The van der Waals surface area contributed by atoms with Crippen molar-refractivity contribution in [2.75, 3.05) is 19.6 Å². The first kappa shape index (κ1) is 24.7. The van der Waals surface area contributed by atoms with Gasteiger partial charge in [-0.05, 0) is 81.3 Å². The summed E-state index contributed by atoms with van der Waals surface area (Å²) in [5.41, 5.74) is 8.12. The van der Waals surface area contributed by atoms with E-state index in [-0.39, 0.29) is 35.9 Å². The molecule has 5 nitrogen and oxygen atoms in total. The Balaban J connectivity index is 0.00000392. The Morgan fingerprint density at radius 1 is 1.04 bits per heavy atom. The fourth-order valence-electron chi connectivity index (χ4n) is 3.81. The summed E-state index contributed by atoms with van der Waals surface area (Å²) < 4.78 is 0. The summed E-state index contributed by atoms with van der Waals surface area (Å²) in [7, 11) is 0. The number of benzene rings is 1. The number of hydrogen-bond donors (Lipinski definition) is 2. The Kier molecular flexibility index (Phi) is 9.74. The second-order valence-electron chi connectivity index (χ2n) is 7.62. The van der Waals surface area contributed by atoms with E-state index in [4.69, 9.17) is 4.99 Å². The number of hydrogen-bond acceptors (Lipinski definition) is 2. The van der Waals surface area contributed by atoms with E-state index in [1.807, 2.05) is 11.8 Å². The Labute approximate surface area is 187 Å². The minimum absolute atomic E-state index is 0. The lowest BCUT2D eigenvalue weighted by Crippen LogP contribution is -2.45. The highest BCUT2D eigenvalue weighted by Crippen LogP contribution is 2.26. The van der Waals surface area contributed by atoms with Crippen LogP contribution < -0.4 is 10.6 Å². The number of carbonyl (C=O) groups excluding carboxylic acids is 1. The molecule has 0 aromatic heterocycles. The van der Waals surface area contributed by atoms with Crippen molar-refractivity contribution in [1.82, 2.24) is 15.5 Å². The Morgan fingerprint density at radius 3 is 2.14 bits per heavy atom. The van der Waals surface area contributed by atoms with Crippen molar-refractivity contribution < 1.29 is 4.79 Å². The quantitative estimate of drug-likeness (QED) is 0.366. The van der Waals surface area contributed by atoms with E-state index in [1.54, 1.807) is 0 Å². The molecular formula is C22H37IN4O. The van der Waals surface area contributed by atoms with Crippen LogP contribution in [0.3, 0.4) is 0 Å². The van der Waals surface area contributed by atoms with Gasteiger partial charge >= 0.3 is 0 Å². The van der Waals surface area contributed by atoms with Gasteiger partial charge < -0.3 is 15.5 Å². The maximum Gasteiger partial charge on any atom is 0.222 e. The molecule has 28 heavy (non-hydrogen) atoms. The van der Waals surface area contributed by atoms with E-state index in [0.717, 1.165) is 32.0 Å². The number of aliphatic imine (C=N–C) groups is 1. The highest BCUT2D eigenvalue weighted by atomic mass is 127. The monoisotopic (exact) mass is 500 g/mol. The number of nitrogens with one attached hydrogen (secondary N) is 2. The molecule has 0 bridgehead atoms. The predicted octanol–water partition coefficient (Wildman–Crippen LogP) is 3.91. The average Bonchev–Trinajstić information content (AvgIpc) is 3.12. The standard InChI is InChI=1S/C22H36N4O.HI/c1-8-21(27)26-11-10-19(13-26)25-22(23-9-2)24-12-20-17(6)15(4)14(3)16(5)18(20)7;/h19H,8-13H2,1-7H3,(H2,23,24,25);1H. The molecule has 1 aliphatic rings. The second kappa shape index (κ2) is 11.0. The van der Waals surface area contributed by atoms with Crippen molar-refractivity contribution in [1.29, 1.82) is 0 Å². The van der Waals surface area contributed by atoms with Gasteiger partial charge in [0.05, 0.1) is 6.54 Å². The summed E-state index contributed by atoms with van der Waals surface area (Å²) in [5.74, 6) is 1.07. The van der Waals surface area contributed by atoms with Crippen LogP contribution in [0.15, 0.2) is 4.99 Å². The van der Waals surface area contributed by atoms with Crippen LogP contribution in [0.25, 0.3) is 0 Å². The molecule has 0 spiro atoms. The van der Waals surface area contributed by atoms with E-state index < -0.39 is 0 Å². The number of amides is 1. The van der Waals surface area contributed by atoms with Gasteiger partial charge in [0.2, 0.25) is 5.91 Å². The lowest BCUT2D eigenvalue weighted by atomic mass is 9.90. The number of rotatable bonds is 5. The molecule has 2 rings (SSSR count). The molecule has 1 atom stereocenters. The summed E-state index contributed by atoms with van der Waals surface area (Å²) in [6.07, 6.45) is 1.54. The third-order valence-electron chi connectivity index (χ3n) is 6.08. The van der Waals surface area contributed by atoms with E-state index >= 15 is 0 Å². The van der Waals surface area contributed by atoms with Crippen LogP contribution in [-0.4, -0.2) is 42.4 Å². The number of halogens is 1. The SMILES string of the molecule is CCNC(=NCc1c(C)c(C)c(C)c(C)c1C)NC1CCN(C(=O)CC)C1.I. The van der Waals surface area contributed by atoms with Gasteiger partial charge in [-0.2, -0.15) is 0 Å². The van der Waals surface area contributed by atoms with Crippen molar-refractivity contribution in [3.8, 4) is 0 Å². The van der Waals surface area contributed by atoms with E-state index in [0.29, 0.717) is 13.0 Å². The van der Waals surface area contributed by atoms with Crippen LogP contribution in [0.5, 0.6) is 0 Å². The first-order valence-electron chi connectivity index (χ1n) is 10.2. The lowest BCUT2D eigenvalue weighted by molar-refractivity contribution is -0.129. The molecule has 1 unspecified atom stereocenters. The van der Waals surface area contributed by atoms with Gasteiger partial charge in [-0.1, -0.05) is 6.92 Å². The smallest absolute Gasteiger partial charge is 0.222 e. The summed E-state index contributed by atoms with van der Waals surface area (Å²) in [6.45, 7) is 18.1. The van der Waals surface area contributed by atoms with E-state index in [1.165, 1.54) is 33.4 Å². The molecule has 2 N–H and O–H groups in total. The summed E-state index contributed by atoms with van der Waals surface area (Å²) in [6, 6.07) is 0.266. The highest BCUT2D eigenvalue weighted by Gasteiger charge is 2.25. The fraction of sp³-hybridized carbons (Fsp3) is 0.636. The Hall–Kier alpha value is -1.31. The highest BCUT2D eigenvalue weighted by molar-refractivity contribution is 14.0. The van der Waals surface area contributed by atoms with Crippen LogP contribution >= 0.6 is 24.0 Å². The van der Waals surface area contributed by atoms with Crippen molar-refractivity contribution >= 4 is 35.8 Å². The molecule has 1 amide bonds.